The van der Waals surface area contributed by atoms with Crippen LogP contribution in [0.4, 0.5) is 16.0 Å². The van der Waals surface area contributed by atoms with Gasteiger partial charge in [-0.3, -0.25) is 9.59 Å². The van der Waals surface area contributed by atoms with E-state index >= 15 is 4.39 Å². The maximum Gasteiger partial charge on any atom is 0.259 e. The zero-order valence-electron chi connectivity index (χ0n) is 21.1. The number of nitrogens with zero attached hydrogens (tertiary/aromatic N) is 7. The number of carbonyl (C=O) groups excluding carboxylic acids is 1. The first kappa shape index (κ1) is 23.7. The second-order valence-corrected chi connectivity index (χ2v) is 9.99. The molecule has 1 aromatic carbocycles. The molecule has 2 saturated heterocycles. The fourth-order valence-electron chi connectivity index (χ4n) is 5.42. The number of benzene rings is 1. The molecule has 0 saturated carbocycles. The van der Waals surface area contributed by atoms with Gasteiger partial charge in [-0.1, -0.05) is 0 Å². The lowest BCUT2D eigenvalue weighted by Crippen LogP contribution is -2.50. The summed E-state index contributed by atoms with van der Waals surface area (Å²) in [4.78, 5) is 43.6. The van der Waals surface area contributed by atoms with Crippen LogP contribution in [0.25, 0.3) is 10.9 Å². The molecule has 2 fully saturated rings. The minimum atomic E-state index is -0.494. The highest BCUT2D eigenvalue weighted by Gasteiger charge is 2.32. The fraction of sp³-hybridized carbons (Fsp3) is 0.462. The molecule has 3 aromatic rings. The van der Waals surface area contributed by atoms with Crippen LogP contribution in [0.15, 0.2) is 35.5 Å². The summed E-state index contributed by atoms with van der Waals surface area (Å²) in [6, 6.07) is 2.94. The highest BCUT2D eigenvalue weighted by Crippen LogP contribution is 2.42. The molecule has 6 rings (SSSR count). The molecular formula is C26H30FN7O3. The van der Waals surface area contributed by atoms with Crippen LogP contribution in [0.5, 0.6) is 5.75 Å². The molecule has 0 spiro atoms. The summed E-state index contributed by atoms with van der Waals surface area (Å²) in [6.45, 7) is 7.29. The first-order chi connectivity index (χ1) is 17.9. The van der Waals surface area contributed by atoms with Crippen LogP contribution in [-0.2, 0) is 0 Å². The van der Waals surface area contributed by atoms with Crippen LogP contribution in [0.1, 0.15) is 23.3 Å². The Morgan fingerprint density at radius 3 is 2.41 bits per heavy atom. The highest BCUT2D eigenvalue weighted by atomic mass is 19.1. The van der Waals surface area contributed by atoms with Crippen molar-refractivity contribution >= 4 is 28.4 Å². The van der Waals surface area contributed by atoms with Gasteiger partial charge in [-0.2, -0.15) is 0 Å². The number of hydrogen-bond acceptors (Lipinski definition) is 8. The monoisotopic (exact) mass is 507 g/mol. The number of hydrogen-bond donors (Lipinski definition) is 0. The lowest BCUT2D eigenvalue weighted by molar-refractivity contribution is 0.0744. The molecule has 194 valence electrons. The third-order valence-corrected chi connectivity index (χ3v) is 7.59. The van der Waals surface area contributed by atoms with Crippen molar-refractivity contribution in [1.82, 2.24) is 24.3 Å². The van der Waals surface area contributed by atoms with E-state index < -0.39 is 11.2 Å². The fourth-order valence-corrected chi connectivity index (χ4v) is 5.42. The Balaban J connectivity index is 1.35. The summed E-state index contributed by atoms with van der Waals surface area (Å²) in [5.41, 5.74) is 0.553. The van der Waals surface area contributed by atoms with Crippen LogP contribution in [0, 0.1) is 5.82 Å². The van der Waals surface area contributed by atoms with Gasteiger partial charge in [0.2, 0.25) is 11.4 Å². The maximum absolute atomic E-state index is 15.6. The van der Waals surface area contributed by atoms with Crippen LogP contribution in [-0.4, -0.2) is 96.3 Å². The summed E-state index contributed by atoms with van der Waals surface area (Å²) < 4.78 is 23.5. The van der Waals surface area contributed by atoms with Gasteiger partial charge in [-0.15, -0.1) is 0 Å². The summed E-state index contributed by atoms with van der Waals surface area (Å²) in [5.74, 6) is 0.183. The number of halogens is 1. The zero-order valence-corrected chi connectivity index (χ0v) is 21.1. The molecular weight excluding hydrogens is 477 g/mol. The van der Waals surface area contributed by atoms with Gasteiger partial charge in [0, 0.05) is 70.9 Å². The summed E-state index contributed by atoms with van der Waals surface area (Å²) in [6.07, 6.45) is 5.02. The van der Waals surface area contributed by atoms with Gasteiger partial charge < -0.3 is 28.9 Å². The number of pyridine rings is 1. The molecule has 10 nitrogen and oxygen atoms in total. The molecule has 0 radical (unpaired) electrons. The van der Waals surface area contributed by atoms with E-state index in [4.69, 9.17) is 4.74 Å². The Morgan fingerprint density at radius 2 is 1.70 bits per heavy atom. The smallest absolute Gasteiger partial charge is 0.259 e. The van der Waals surface area contributed by atoms with E-state index in [1.165, 1.54) is 6.07 Å². The third-order valence-electron chi connectivity index (χ3n) is 7.59. The lowest BCUT2D eigenvalue weighted by atomic mass is 10.0. The molecule has 11 heteroatoms. The zero-order chi connectivity index (χ0) is 25.7. The average Bonchev–Trinajstić information content (AvgIpc) is 2.92. The number of amides is 1. The van der Waals surface area contributed by atoms with Gasteiger partial charge in [-0.05, 0) is 26.1 Å². The van der Waals surface area contributed by atoms with E-state index in [9.17, 15) is 9.59 Å². The van der Waals surface area contributed by atoms with Crippen LogP contribution >= 0.6 is 0 Å². The molecule has 0 N–H and O–H groups in total. The molecule has 0 aliphatic carbocycles. The topological polar surface area (TPSA) is 87.0 Å². The Labute approximate surface area is 213 Å². The highest BCUT2D eigenvalue weighted by molar-refractivity contribution is 6.00. The van der Waals surface area contributed by atoms with E-state index in [2.05, 4.69) is 14.9 Å². The van der Waals surface area contributed by atoms with E-state index in [0.29, 0.717) is 68.8 Å². The van der Waals surface area contributed by atoms with Crippen molar-refractivity contribution in [2.45, 2.75) is 13.0 Å². The summed E-state index contributed by atoms with van der Waals surface area (Å²) in [7, 11) is 2.04. The Bertz CT molecular complexity index is 1400. The van der Waals surface area contributed by atoms with Crippen LogP contribution in [0.2, 0.25) is 0 Å². The van der Waals surface area contributed by atoms with E-state index in [-0.39, 0.29) is 22.9 Å². The molecule has 0 bridgehead atoms. The van der Waals surface area contributed by atoms with Gasteiger partial charge in [0.1, 0.15) is 17.9 Å². The van der Waals surface area contributed by atoms with E-state index in [0.717, 1.165) is 13.1 Å². The van der Waals surface area contributed by atoms with E-state index in [1.54, 1.807) is 29.6 Å². The molecule has 1 amide bonds. The number of anilines is 2. The Hall–Kier alpha value is -3.73. The Kier molecular flexibility index (Phi) is 5.94. The SMILES string of the molecule is C[C@@H]1COc2c(N3CCN(C)CC3)c(F)cc3c(=O)c(C(=O)N4CCN(c5ncccn5)CC4)cn1c23. The Morgan fingerprint density at radius 1 is 1.03 bits per heavy atom. The molecule has 3 aliphatic heterocycles. The summed E-state index contributed by atoms with van der Waals surface area (Å²) in [5, 5.41) is 0.180. The second-order valence-electron chi connectivity index (χ2n) is 9.99. The molecule has 2 aromatic heterocycles. The lowest BCUT2D eigenvalue weighted by Gasteiger charge is -2.37. The molecule has 1 atom stereocenters. The van der Waals surface area contributed by atoms with Crippen molar-refractivity contribution in [3.05, 3.63) is 52.3 Å². The predicted molar refractivity (Wildman–Crippen MR) is 138 cm³/mol. The van der Waals surface area contributed by atoms with Gasteiger partial charge in [0.15, 0.2) is 11.6 Å². The third kappa shape index (κ3) is 4.07. The number of piperazine rings is 2. The largest absolute Gasteiger partial charge is 0.487 e. The van der Waals surface area contributed by atoms with Crippen molar-refractivity contribution in [3.63, 3.8) is 0 Å². The maximum atomic E-state index is 15.6. The standard InChI is InChI=1S/C26H30FN7O3/c1-17-16-37-24-21-18(14-20(27)22(24)31-8-6-30(2)7-9-31)23(35)19(15-34(17)21)25(36)32-10-12-33(13-11-32)26-28-4-3-5-29-26/h3-5,14-15,17H,6-13,16H2,1-2H3/t17-/m1/s1. The normalized spacial score (nSPS) is 20.3. The molecule has 3 aliphatic rings. The number of carbonyl (C=O) groups is 1. The minimum Gasteiger partial charge on any atom is -0.487 e. The van der Waals surface area contributed by atoms with Gasteiger partial charge in [0.05, 0.1) is 16.9 Å². The van der Waals surface area contributed by atoms with Crippen molar-refractivity contribution in [3.8, 4) is 5.75 Å². The average molecular weight is 508 g/mol. The second kappa shape index (κ2) is 9.29. The van der Waals surface area contributed by atoms with Crippen molar-refractivity contribution in [2.24, 2.45) is 0 Å². The van der Waals surface area contributed by atoms with Gasteiger partial charge in [0.25, 0.3) is 5.91 Å². The summed E-state index contributed by atoms with van der Waals surface area (Å²) >= 11 is 0. The molecule has 37 heavy (non-hydrogen) atoms. The number of aromatic nitrogens is 3. The quantitative estimate of drug-likeness (QED) is 0.529. The molecule has 0 unspecified atom stereocenters. The number of ether oxygens (including phenoxy) is 1. The van der Waals surface area contributed by atoms with Crippen molar-refractivity contribution in [1.29, 1.82) is 0 Å². The van der Waals surface area contributed by atoms with Crippen molar-refractivity contribution in [2.75, 3.05) is 75.8 Å². The van der Waals surface area contributed by atoms with E-state index in [1.807, 2.05) is 28.3 Å². The first-order valence-electron chi connectivity index (χ1n) is 12.7. The predicted octanol–water partition coefficient (Wildman–Crippen LogP) is 1.60. The minimum absolute atomic E-state index is 0.0587. The first-order valence-corrected chi connectivity index (χ1v) is 12.7. The van der Waals surface area contributed by atoms with Crippen LogP contribution < -0.4 is 20.0 Å². The van der Waals surface area contributed by atoms with Crippen LogP contribution in [0.3, 0.4) is 0 Å². The van der Waals surface area contributed by atoms with Gasteiger partial charge in [-0.25, -0.2) is 14.4 Å². The van der Waals surface area contributed by atoms with Crippen molar-refractivity contribution < 1.29 is 13.9 Å². The number of rotatable bonds is 3. The number of likely N-dealkylation sites (N-methyl/N-ethyl adjacent to an activating group) is 1. The van der Waals surface area contributed by atoms with Gasteiger partial charge >= 0.3 is 0 Å². The molecule has 5 heterocycles.